The van der Waals surface area contributed by atoms with Crippen LogP contribution in [-0.4, -0.2) is 14.0 Å². The van der Waals surface area contributed by atoms with Gasteiger partial charge in [0.15, 0.2) is 0 Å². The predicted octanol–water partition coefficient (Wildman–Crippen LogP) is 1.43. The van der Waals surface area contributed by atoms with E-state index in [1.54, 1.807) is 6.08 Å². The Hall–Kier alpha value is 0.200. The van der Waals surface area contributed by atoms with Crippen LogP contribution >= 0.6 is 10.8 Å². The van der Waals surface area contributed by atoms with E-state index in [0.717, 1.165) is 10.8 Å². The van der Waals surface area contributed by atoms with Gasteiger partial charge in [0, 0.05) is 5.25 Å². The highest BCUT2D eigenvalue weighted by atomic mass is 33.1. The molecule has 0 heterocycles. The fraction of sp³-hybridized carbons (Fsp3) is 0.500. The van der Waals surface area contributed by atoms with Crippen molar-refractivity contribution < 1.29 is 8.76 Å². The van der Waals surface area contributed by atoms with E-state index in [0.29, 0.717) is 0 Å². The number of hydrogen-bond donors (Lipinski definition) is 1. The first-order valence-corrected chi connectivity index (χ1v) is 4.57. The van der Waals surface area contributed by atoms with Crippen LogP contribution in [0.3, 0.4) is 0 Å². The molecule has 0 saturated heterocycles. The van der Waals surface area contributed by atoms with Crippen molar-refractivity contribution in [3.63, 3.8) is 0 Å². The minimum atomic E-state index is -1.75. The molecule has 0 aromatic rings. The van der Waals surface area contributed by atoms with Gasteiger partial charge in [-0.2, -0.15) is 0 Å². The first-order chi connectivity index (χ1) is 3.66. The number of hydrogen-bond acceptors (Lipinski definition) is 2. The Labute approximate surface area is 55.0 Å². The van der Waals surface area contributed by atoms with E-state index >= 15 is 0 Å². The highest BCUT2D eigenvalue weighted by Gasteiger charge is 1.99. The molecule has 1 N–H and O–H groups in total. The fourth-order valence-corrected chi connectivity index (χ4v) is 1.52. The molecule has 2 nitrogen and oxygen atoms in total. The van der Waals surface area contributed by atoms with Gasteiger partial charge in [-0.05, 0) is 17.7 Å². The molecule has 0 amide bonds. The van der Waals surface area contributed by atoms with Crippen LogP contribution in [0.15, 0.2) is 12.7 Å². The van der Waals surface area contributed by atoms with Crippen molar-refractivity contribution in [1.29, 1.82) is 0 Å². The second-order valence-corrected chi connectivity index (χ2v) is 4.06. The fourth-order valence-electron chi connectivity index (χ4n) is 0.169. The second kappa shape index (κ2) is 4.12. The Balaban J connectivity index is 3.38. The summed E-state index contributed by atoms with van der Waals surface area (Å²) < 4.78 is 18.2. The molecular weight excluding hydrogens is 144 g/mol. The molecule has 0 fully saturated rings. The molecule has 0 aliphatic rings. The second-order valence-electron chi connectivity index (χ2n) is 1.25. The van der Waals surface area contributed by atoms with Crippen molar-refractivity contribution in [3.05, 3.63) is 12.7 Å². The van der Waals surface area contributed by atoms with E-state index in [1.807, 2.05) is 6.92 Å². The summed E-state index contributed by atoms with van der Waals surface area (Å²) in [7, 11) is -0.786. The van der Waals surface area contributed by atoms with E-state index in [-0.39, 0.29) is 5.25 Å². The van der Waals surface area contributed by atoms with Crippen LogP contribution in [0.5, 0.6) is 0 Å². The molecular formula is C4H8O2S2. The highest BCUT2D eigenvalue weighted by Crippen LogP contribution is 2.12. The first-order valence-electron chi connectivity index (χ1n) is 2.07. The monoisotopic (exact) mass is 152 g/mol. The predicted molar refractivity (Wildman–Crippen MR) is 38.0 cm³/mol. The summed E-state index contributed by atoms with van der Waals surface area (Å²) in [5.74, 6) is 0. The maximum absolute atomic E-state index is 9.99. The van der Waals surface area contributed by atoms with Crippen molar-refractivity contribution >= 4 is 20.9 Å². The lowest BCUT2D eigenvalue weighted by molar-refractivity contribution is 0.581. The summed E-state index contributed by atoms with van der Waals surface area (Å²) in [5, 5.41) is 0.0563. The van der Waals surface area contributed by atoms with Gasteiger partial charge in [-0.25, -0.2) is 4.21 Å². The highest BCUT2D eigenvalue weighted by molar-refractivity contribution is 8.67. The van der Waals surface area contributed by atoms with Gasteiger partial charge in [-0.1, -0.05) is 6.08 Å². The Morgan fingerprint density at radius 2 is 2.50 bits per heavy atom. The van der Waals surface area contributed by atoms with Gasteiger partial charge < -0.3 is 0 Å². The van der Waals surface area contributed by atoms with Crippen LogP contribution < -0.4 is 0 Å². The summed E-state index contributed by atoms with van der Waals surface area (Å²) in [6.07, 6.45) is 1.62. The van der Waals surface area contributed by atoms with Crippen LogP contribution in [0, 0.1) is 0 Å². The lowest BCUT2D eigenvalue weighted by atomic mass is 10.5. The Morgan fingerprint density at radius 1 is 2.00 bits per heavy atom. The van der Waals surface area contributed by atoms with Gasteiger partial charge in [0.25, 0.3) is 0 Å². The molecule has 8 heavy (non-hydrogen) atoms. The third kappa shape index (κ3) is 4.36. The molecule has 0 rings (SSSR count). The third-order valence-electron chi connectivity index (χ3n) is 0.566. The largest absolute Gasteiger partial charge is 0.298 e. The molecule has 0 bridgehead atoms. The average Bonchev–Trinajstić information content (AvgIpc) is 1.65. The van der Waals surface area contributed by atoms with Crippen molar-refractivity contribution in [1.82, 2.24) is 0 Å². The summed E-state index contributed by atoms with van der Waals surface area (Å²) in [4.78, 5) is 0. The van der Waals surface area contributed by atoms with Crippen molar-refractivity contribution in [3.8, 4) is 0 Å². The van der Waals surface area contributed by atoms with Crippen LogP contribution in [0.2, 0.25) is 0 Å². The summed E-state index contributed by atoms with van der Waals surface area (Å²) in [6, 6.07) is 0. The van der Waals surface area contributed by atoms with Crippen LogP contribution in [0.4, 0.5) is 0 Å². The third-order valence-corrected chi connectivity index (χ3v) is 2.63. The Morgan fingerprint density at radius 3 is 2.62 bits per heavy atom. The molecule has 2 unspecified atom stereocenters. The molecule has 0 spiro atoms. The molecule has 0 aromatic carbocycles. The number of rotatable bonds is 3. The zero-order valence-electron chi connectivity index (χ0n) is 4.53. The van der Waals surface area contributed by atoms with Crippen molar-refractivity contribution in [2.45, 2.75) is 12.2 Å². The van der Waals surface area contributed by atoms with E-state index in [1.165, 1.54) is 0 Å². The maximum Gasteiger partial charge on any atom is 0.216 e. The van der Waals surface area contributed by atoms with Crippen LogP contribution in [0.25, 0.3) is 0 Å². The summed E-state index contributed by atoms with van der Waals surface area (Å²) in [6.45, 7) is 5.26. The molecule has 0 aromatic heterocycles. The summed E-state index contributed by atoms with van der Waals surface area (Å²) in [5.41, 5.74) is 0. The minimum absolute atomic E-state index is 0.0563. The quantitative estimate of drug-likeness (QED) is 0.377. The van der Waals surface area contributed by atoms with E-state index in [2.05, 4.69) is 6.58 Å². The summed E-state index contributed by atoms with van der Waals surface area (Å²) >= 11 is 0. The topological polar surface area (TPSA) is 37.3 Å². The minimum Gasteiger partial charge on any atom is -0.298 e. The molecule has 0 aliphatic heterocycles. The van der Waals surface area contributed by atoms with Gasteiger partial charge >= 0.3 is 0 Å². The Bertz CT molecular complexity index is 102. The van der Waals surface area contributed by atoms with Gasteiger partial charge in [-0.3, -0.25) is 4.55 Å². The molecule has 48 valence electrons. The average molecular weight is 152 g/mol. The normalized spacial score (nSPS) is 17.2. The lowest BCUT2D eigenvalue weighted by Gasteiger charge is -1.96. The van der Waals surface area contributed by atoms with Crippen molar-refractivity contribution in [2.75, 3.05) is 0 Å². The molecule has 0 aliphatic carbocycles. The van der Waals surface area contributed by atoms with Crippen LogP contribution in [0.1, 0.15) is 6.92 Å². The standard InChI is InChI=1S/C4H8O2S2/c1-3-4(2)7-8(5)6/h3-4H,1H2,2H3,(H,5,6). The van der Waals surface area contributed by atoms with Gasteiger partial charge in [0.2, 0.25) is 10.1 Å². The maximum atomic E-state index is 9.99. The Kier molecular flexibility index (Phi) is 4.22. The zero-order chi connectivity index (χ0) is 6.57. The molecule has 0 radical (unpaired) electrons. The molecule has 0 saturated carbocycles. The lowest BCUT2D eigenvalue weighted by Crippen LogP contribution is -1.90. The first kappa shape index (κ1) is 8.20. The van der Waals surface area contributed by atoms with Gasteiger partial charge in [-0.15, -0.1) is 6.58 Å². The van der Waals surface area contributed by atoms with Crippen LogP contribution in [-0.2, 0) is 10.1 Å². The van der Waals surface area contributed by atoms with Gasteiger partial charge in [0.05, 0.1) is 0 Å². The smallest absolute Gasteiger partial charge is 0.216 e. The molecule has 4 heteroatoms. The SMILES string of the molecule is C=CC(C)SS(=O)O. The van der Waals surface area contributed by atoms with E-state index in [9.17, 15) is 4.21 Å². The van der Waals surface area contributed by atoms with Crippen molar-refractivity contribution in [2.24, 2.45) is 0 Å². The van der Waals surface area contributed by atoms with Gasteiger partial charge in [0.1, 0.15) is 0 Å². The van der Waals surface area contributed by atoms with E-state index < -0.39 is 10.1 Å². The molecule has 2 atom stereocenters. The zero-order valence-corrected chi connectivity index (χ0v) is 6.17. The van der Waals surface area contributed by atoms with E-state index in [4.69, 9.17) is 4.55 Å².